The van der Waals surface area contributed by atoms with Crippen LogP contribution in [0.5, 0.6) is 5.75 Å². The Morgan fingerprint density at radius 1 is 1.13 bits per heavy atom. The molecule has 0 fully saturated rings. The third kappa shape index (κ3) is 2.80. The van der Waals surface area contributed by atoms with E-state index in [1.807, 2.05) is 24.5 Å². The molecule has 2 aliphatic heterocycles. The largest absolute Gasteiger partial charge is 0.437 e. The minimum atomic E-state index is 0.816. The maximum absolute atomic E-state index is 6.06. The highest BCUT2D eigenvalue weighted by molar-refractivity contribution is 5.66. The Hall–Kier alpha value is -2.75. The van der Waals surface area contributed by atoms with Crippen LogP contribution < -0.4 is 9.64 Å². The van der Waals surface area contributed by atoms with Crippen LogP contribution >= 0.6 is 0 Å². The van der Waals surface area contributed by atoms with Gasteiger partial charge in [-0.25, -0.2) is 0 Å². The highest BCUT2D eigenvalue weighted by Crippen LogP contribution is 2.35. The van der Waals surface area contributed by atoms with Crippen molar-refractivity contribution in [3.8, 4) is 5.75 Å². The van der Waals surface area contributed by atoms with Gasteiger partial charge in [-0.15, -0.1) is 0 Å². The van der Waals surface area contributed by atoms with Crippen molar-refractivity contribution in [2.45, 2.75) is 13.5 Å². The summed E-state index contributed by atoms with van der Waals surface area (Å²) in [4.78, 5) is 8.58. The van der Waals surface area contributed by atoms with Crippen LogP contribution in [0.1, 0.15) is 11.1 Å². The van der Waals surface area contributed by atoms with E-state index in [0.717, 1.165) is 37.0 Å². The molecule has 4 rings (SSSR count). The quantitative estimate of drug-likeness (QED) is 0.868. The summed E-state index contributed by atoms with van der Waals surface area (Å²) in [5.74, 6) is 1.72. The number of anilines is 1. The second-order valence-corrected chi connectivity index (χ2v) is 5.87. The average Bonchev–Trinajstić information content (AvgIpc) is 3.09. The molecule has 0 saturated carbocycles. The lowest BCUT2D eigenvalue weighted by Crippen LogP contribution is -2.30. The fourth-order valence-corrected chi connectivity index (χ4v) is 2.94. The second-order valence-electron chi connectivity index (χ2n) is 5.87. The summed E-state index contributed by atoms with van der Waals surface area (Å²) in [5, 5.41) is 0. The number of fused-ring (bicyclic) bond motifs is 1. The highest BCUT2D eigenvalue weighted by Gasteiger charge is 2.23. The van der Waals surface area contributed by atoms with Gasteiger partial charge in [0, 0.05) is 13.1 Å². The van der Waals surface area contributed by atoms with Crippen molar-refractivity contribution in [2.24, 2.45) is 4.99 Å². The maximum atomic E-state index is 6.06. The Labute approximate surface area is 136 Å². The van der Waals surface area contributed by atoms with E-state index in [-0.39, 0.29) is 0 Å². The molecule has 2 aromatic rings. The van der Waals surface area contributed by atoms with E-state index < -0.39 is 0 Å². The molecule has 0 spiro atoms. The zero-order chi connectivity index (χ0) is 15.6. The lowest BCUT2D eigenvalue weighted by atomic mass is 10.1. The van der Waals surface area contributed by atoms with Crippen molar-refractivity contribution in [2.75, 3.05) is 18.0 Å². The molecule has 0 amide bonds. The van der Waals surface area contributed by atoms with Crippen LogP contribution in [0.2, 0.25) is 0 Å². The predicted octanol–water partition coefficient (Wildman–Crippen LogP) is 3.54. The summed E-state index contributed by atoms with van der Waals surface area (Å²) in [6.07, 6.45) is 3.92. The number of hydrogen-bond acceptors (Lipinski definition) is 4. The van der Waals surface area contributed by atoms with Crippen LogP contribution in [0.4, 0.5) is 5.69 Å². The van der Waals surface area contributed by atoms with Gasteiger partial charge >= 0.3 is 0 Å². The number of hydrogen-bond donors (Lipinski definition) is 0. The van der Waals surface area contributed by atoms with Crippen molar-refractivity contribution in [3.63, 3.8) is 0 Å². The Balaban J connectivity index is 1.68. The first-order valence-electron chi connectivity index (χ1n) is 7.87. The lowest BCUT2D eigenvalue weighted by molar-refractivity contribution is 0.299. The van der Waals surface area contributed by atoms with E-state index >= 15 is 0 Å². The Kier molecular flexibility index (Phi) is 3.50. The van der Waals surface area contributed by atoms with Gasteiger partial charge in [-0.05, 0) is 24.6 Å². The molecule has 0 atom stereocenters. The summed E-state index contributed by atoms with van der Waals surface area (Å²) in [6.45, 7) is 4.63. The molecule has 23 heavy (non-hydrogen) atoms. The standard InChI is InChI=1S/C19H19N3O/c1-15-5-4-6-16(11-15)12-22-13-19(21-10-9-20-14-21)23-18-8-3-2-7-17(18)22/h2-8,11,13-14H,9-10,12H2,1H3. The van der Waals surface area contributed by atoms with Crippen molar-refractivity contribution in [1.82, 2.24) is 4.90 Å². The summed E-state index contributed by atoms with van der Waals surface area (Å²) >= 11 is 0. The monoisotopic (exact) mass is 305 g/mol. The molecule has 2 aliphatic rings. The molecule has 4 heteroatoms. The van der Waals surface area contributed by atoms with Gasteiger partial charge < -0.3 is 14.5 Å². The topological polar surface area (TPSA) is 28.1 Å². The fraction of sp³-hybridized carbons (Fsp3) is 0.211. The van der Waals surface area contributed by atoms with Gasteiger partial charge in [0.15, 0.2) is 5.75 Å². The minimum Gasteiger partial charge on any atom is -0.437 e. The lowest BCUT2D eigenvalue weighted by Gasteiger charge is -2.31. The smallest absolute Gasteiger partial charge is 0.217 e. The van der Waals surface area contributed by atoms with Gasteiger partial charge in [-0.3, -0.25) is 4.99 Å². The molecular formula is C19H19N3O. The molecule has 116 valence electrons. The minimum absolute atomic E-state index is 0.816. The number of para-hydroxylation sites is 2. The van der Waals surface area contributed by atoms with E-state index in [2.05, 4.69) is 58.2 Å². The Morgan fingerprint density at radius 2 is 2.04 bits per heavy atom. The number of nitrogens with zero attached hydrogens (tertiary/aromatic N) is 3. The van der Waals surface area contributed by atoms with Crippen LogP contribution in [-0.2, 0) is 6.54 Å². The molecule has 0 unspecified atom stereocenters. The third-order valence-corrected chi connectivity index (χ3v) is 4.07. The molecule has 2 heterocycles. The fourth-order valence-electron chi connectivity index (χ4n) is 2.94. The number of rotatable bonds is 3. The highest BCUT2D eigenvalue weighted by atomic mass is 16.5. The third-order valence-electron chi connectivity index (χ3n) is 4.07. The normalized spacial score (nSPS) is 16.1. The molecule has 0 radical (unpaired) electrons. The van der Waals surface area contributed by atoms with E-state index in [1.54, 1.807) is 0 Å². The van der Waals surface area contributed by atoms with Crippen LogP contribution in [0, 0.1) is 6.92 Å². The van der Waals surface area contributed by atoms with Gasteiger partial charge in [-0.2, -0.15) is 0 Å². The molecule has 0 bridgehead atoms. The Morgan fingerprint density at radius 3 is 2.87 bits per heavy atom. The van der Waals surface area contributed by atoms with Crippen molar-refractivity contribution < 1.29 is 4.74 Å². The van der Waals surface area contributed by atoms with Crippen molar-refractivity contribution in [1.29, 1.82) is 0 Å². The summed E-state index contributed by atoms with van der Waals surface area (Å²) in [6, 6.07) is 16.8. The van der Waals surface area contributed by atoms with Gasteiger partial charge in [-0.1, -0.05) is 42.0 Å². The average molecular weight is 305 g/mol. The van der Waals surface area contributed by atoms with E-state index in [9.17, 15) is 0 Å². The number of benzene rings is 2. The molecule has 0 aromatic heterocycles. The predicted molar refractivity (Wildman–Crippen MR) is 92.6 cm³/mol. The van der Waals surface area contributed by atoms with E-state index in [0.29, 0.717) is 0 Å². The first-order valence-corrected chi connectivity index (χ1v) is 7.87. The summed E-state index contributed by atoms with van der Waals surface area (Å²) in [7, 11) is 0. The molecule has 0 aliphatic carbocycles. The second kappa shape index (κ2) is 5.80. The molecule has 0 N–H and O–H groups in total. The molecule has 0 saturated heterocycles. The van der Waals surface area contributed by atoms with Crippen LogP contribution in [0.15, 0.2) is 65.6 Å². The van der Waals surface area contributed by atoms with Gasteiger partial charge in [0.25, 0.3) is 0 Å². The van der Waals surface area contributed by atoms with Crippen LogP contribution in [-0.4, -0.2) is 24.3 Å². The van der Waals surface area contributed by atoms with E-state index in [1.165, 1.54) is 11.1 Å². The van der Waals surface area contributed by atoms with Crippen molar-refractivity contribution in [3.05, 3.63) is 71.7 Å². The number of aliphatic imine (C=N–C) groups is 1. The molecule has 4 nitrogen and oxygen atoms in total. The zero-order valence-electron chi connectivity index (χ0n) is 13.1. The molecule has 2 aromatic carbocycles. The maximum Gasteiger partial charge on any atom is 0.217 e. The Bertz CT molecular complexity index is 782. The van der Waals surface area contributed by atoms with E-state index in [4.69, 9.17) is 4.74 Å². The summed E-state index contributed by atoms with van der Waals surface area (Å²) in [5.41, 5.74) is 3.65. The first-order chi connectivity index (χ1) is 11.3. The number of aryl methyl sites for hydroxylation is 1. The van der Waals surface area contributed by atoms with Gasteiger partial charge in [0.2, 0.25) is 5.88 Å². The van der Waals surface area contributed by atoms with Crippen molar-refractivity contribution >= 4 is 12.0 Å². The SMILES string of the molecule is Cc1cccc(CN2C=C(N3C=NCC3)Oc3ccccc32)c1. The van der Waals surface area contributed by atoms with Gasteiger partial charge in [0.05, 0.1) is 24.8 Å². The summed E-state index contributed by atoms with van der Waals surface area (Å²) < 4.78 is 6.06. The van der Waals surface area contributed by atoms with Gasteiger partial charge in [0.1, 0.15) is 0 Å². The number of ether oxygens (including phenoxy) is 1. The molecular weight excluding hydrogens is 286 g/mol. The zero-order valence-corrected chi connectivity index (χ0v) is 13.1. The van der Waals surface area contributed by atoms with Crippen LogP contribution in [0.25, 0.3) is 0 Å². The first kappa shape index (κ1) is 13.9. The van der Waals surface area contributed by atoms with Crippen LogP contribution in [0.3, 0.4) is 0 Å².